The topological polar surface area (TPSA) is 65.0 Å². The van der Waals surface area contributed by atoms with Crippen LogP contribution in [0.3, 0.4) is 0 Å². The molecule has 0 unspecified atom stereocenters. The van der Waals surface area contributed by atoms with Crippen molar-refractivity contribution in [1.82, 2.24) is 0 Å². The summed E-state index contributed by atoms with van der Waals surface area (Å²) in [5.41, 5.74) is 0. The van der Waals surface area contributed by atoms with Gasteiger partial charge in [0.2, 0.25) is 0 Å². The Balaban J connectivity index is 2.53. The first-order chi connectivity index (χ1) is 9.39. The van der Waals surface area contributed by atoms with Gasteiger partial charge in [-0.15, -0.1) is 0 Å². The fourth-order valence-electron chi connectivity index (χ4n) is 3.27. The number of aliphatic hydroxyl groups is 1. The molecule has 2 heterocycles. The van der Waals surface area contributed by atoms with E-state index in [9.17, 15) is 9.90 Å². The molecule has 2 fully saturated rings. The number of hydrogen-bond donors (Lipinski definition) is 1. The van der Waals surface area contributed by atoms with Crippen LogP contribution in [-0.2, 0) is 19.0 Å². The van der Waals surface area contributed by atoms with Gasteiger partial charge in [0.05, 0.1) is 0 Å². The van der Waals surface area contributed by atoms with E-state index in [0.717, 1.165) is 0 Å². The molecule has 0 amide bonds. The van der Waals surface area contributed by atoms with E-state index in [-0.39, 0.29) is 17.6 Å². The van der Waals surface area contributed by atoms with Gasteiger partial charge in [-0.1, -0.05) is 33.9 Å². The Labute approximate surface area is 128 Å². The molecule has 0 bridgehead atoms. The van der Waals surface area contributed by atoms with Gasteiger partial charge in [0.15, 0.2) is 11.0 Å². The van der Waals surface area contributed by atoms with Crippen molar-refractivity contribution < 1.29 is 24.1 Å². The molecular formula is C15H28O5Si. The normalized spacial score (nSPS) is 35.7. The molecule has 0 aliphatic carbocycles. The molecule has 0 radical (unpaired) electrons. The number of carbonyl (C=O) groups excluding carboxylic acids is 1. The van der Waals surface area contributed by atoms with Gasteiger partial charge in [-0.05, 0) is 18.9 Å². The Kier molecular flexibility index (Phi) is 3.85. The molecule has 0 saturated carbocycles. The minimum Gasteiger partial charge on any atom is -0.457 e. The van der Waals surface area contributed by atoms with Gasteiger partial charge >= 0.3 is 5.97 Å². The molecule has 3 atom stereocenters. The minimum atomic E-state index is -2.25. The summed E-state index contributed by atoms with van der Waals surface area (Å²) in [7, 11) is -2.25. The number of ether oxygens (including phenoxy) is 3. The van der Waals surface area contributed by atoms with Gasteiger partial charge in [0, 0.05) is 13.0 Å². The molecule has 2 rings (SSSR count). The number of carbonyl (C=O) groups is 1. The average Bonchev–Trinajstić information content (AvgIpc) is 2.71. The third-order valence-electron chi connectivity index (χ3n) is 5.33. The molecule has 2 aliphatic heterocycles. The molecule has 0 aromatic heterocycles. The van der Waals surface area contributed by atoms with E-state index in [0.29, 0.717) is 6.42 Å². The minimum absolute atomic E-state index is 0.0359. The van der Waals surface area contributed by atoms with E-state index in [1.165, 1.54) is 0 Å². The fourth-order valence-corrected chi connectivity index (χ4v) is 6.41. The summed E-state index contributed by atoms with van der Waals surface area (Å²) in [6, 6.07) is 0. The smallest absolute Gasteiger partial charge is 0.338 e. The summed E-state index contributed by atoms with van der Waals surface area (Å²) < 4.78 is 17.8. The maximum Gasteiger partial charge on any atom is 0.338 e. The van der Waals surface area contributed by atoms with Crippen LogP contribution in [0.1, 0.15) is 41.0 Å². The SMILES string of the molecule is CC1(C)O[C@H]2[C@@H](CCO)OC(=O)[C@@]2([Si](C)(C)C(C)(C)C)O1. The highest BCUT2D eigenvalue weighted by molar-refractivity contribution is 6.86. The second-order valence-corrected chi connectivity index (χ2v) is 13.6. The fraction of sp³-hybridized carbons (Fsp3) is 0.933. The zero-order chi connectivity index (χ0) is 16.3. The maximum atomic E-state index is 12.8. The molecule has 2 saturated heterocycles. The van der Waals surface area contributed by atoms with Crippen LogP contribution >= 0.6 is 0 Å². The van der Waals surface area contributed by atoms with Crippen LogP contribution in [0.25, 0.3) is 0 Å². The Morgan fingerprint density at radius 2 is 1.86 bits per heavy atom. The van der Waals surface area contributed by atoms with Crippen LogP contribution in [0.2, 0.25) is 18.1 Å². The van der Waals surface area contributed by atoms with E-state index < -0.39 is 31.3 Å². The van der Waals surface area contributed by atoms with Crippen LogP contribution in [-0.4, -0.2) is 49.0 Å². The molecule has 1 N–H and O–H groups in total. The lowest BCUT2D eigenvalue weighted by Crippen LogP contribution is -2.67. The number of fused-ring (bicyclic) bond motifs is 1. The number of rotatable bonds is 3. The molecule has 2 aliphatic rings. The number of aliphatic hydroxyl groups excluding tert-OH is 1. The van der Waals surface area contributed by atoms with Gasteiger partial charge in [0.25, 0.3) is 0 Å². The summed E-state index contributed by atoms with van der Waals surface area (Å²) in [5, 5.41) is 8.17. The highest BCUT2D eigenvalue weighted by Gasteiger charge is 2.75. The largest absolute Gasteiger partial charge is 0.457 e. The summed E-state index contributed by atoms with van der Waals surface area (Å²) in [4.78, 5) is 12.8. The third kappa shape index (κ3) is 2.27. The molecule has 0 aromatic carbocycles. The van der Waals surface area contributed by atoms with Crippen molar-refractivity contribution in [3.63, 3.8) is 0 Å². The van der Waals surface area contributed by atoms with Crippen LogP contribution < -0.4 is 0 Å². The predicted octanol–water partition coefficient (Wildman–Crippen LogP) is 2.23. The summed E-state index contributed by atoms with van der Waals surface area (Å²) in [5.74, 6) is -1.13. The van der Waals surface area contributed by atoms with Crippen LogP contribution in [0.5, 0.6) is 0 Å². The lowest BCUT2D eigenvalue weighted by atomic mass is 10.1. The first-order valence-corrected chi connectivity index (χ1v) is 10.6. The standard InChI is InChI=1S/C15H28O5Si/c1-13(2,3)21(6,7)15-11(19-14(4,5)20-15)10(8-9-16)18-12(15)17/h10-11,16H,8-9H2,1-7H3/t10-,11+,15-/m1/s1. The van der Waals surface area contributed by atoms with Crippen LogP contribution in [0.15, 0.2) is 0 Å². The van der Waals surface area contributed by atoms with Crippen LogP contribution in [0.4, 0.5) is 0 Å². The van der Waals surface area contributed by atoms with E-state index in [4.69, 9.17) is 14.2 Å². The Morgan fingerprint density at radius 1 is 1.29 bits per heavy atom. The molecule has 21 heavy (non-hydrogen) atoms. The van der Waals surface area contributed by atoms with Crippen molar-refractivity contribution in [2.75, 3.05) is 6.61 Å². The van der Waals surface area contributed by atoms with E-state index >= 15 is 0 Å². The first-order valence-electron chi connectivity index (χ1n) is 7.59. The highest BCUT2D eigenvalue weighted by atomic mass is 28.3. The Bertz CT molecular complexity index is 440. The first kappa shape index (κ1) is 16.9. The van der Waals surface area contributed by atoms with Gasteiger partial charge in [-0.25, -0.2) is 4.79 Å². The number of hydrogen-bond acceptors (Lipinski definition) is 5. The predicted molar refractivity (Wildman–Crippen MR) is 81.5 cm³/mol. The van der Waals surface area contributed by atoms with Crippen LogP contribution in [0, 0.1) is 0 Å². The monoisotopic (exact) mass is 316 g/mol. The van der Waals surface area contributed by atoms with Crippen molar-refractivity contribution in [3.05, 3.63) is 0 Å². The lowest BCUT2D eigenvalue weighted by Gasteiger charge is -2.46. The molecule has 122 valence electrons. The molecule has 0 spiro atoms. The molecule has 6 heteroatoms. The summed E-state index contributed by atoms with van der Waals surface area (Å²) in [6.45, 7) is 14.4. The van der Waals surface area contributed by atoms with Gasteiger partial charge in [-0.3, -0.25) is 0 Å². The van der Waals surface area contributed by atoms with Crippen molar-refractivity contribution in [2.24, 2.45) is 0 Å². The quantitative estimate of drug-likeness (QED) is 0.639. The van der Waals surface area contributed by atoms with Gasteiger partial charge in [-0.2, -0.15) is 0 Å². The summed E-state index contributed by atoms with van der Waals surface area (Å²) in [6.07, 6.45) is -0.488. The van der Waals surface area contributed by atoms with Crippen molar-refractivity contribution >= 4 is 14.0 Å². The van der Waals surface area contributed by atoms with E-state index in [1.54, 1.807) is 0 Å². The Morgan fingerprint density at radius 3 is 2.33 bits per heavy atom. The van der Waals surface area contributed by atoms with Gasteiger partial charge in [0.1, 0.15) is 20.3 Å². The molecule has 0 aromatic rings. The second-order valence-electron chi connectivity index (χ2n) is 8.11. The second kappa shape index (κ2) is 4.78. The number of esters is 1. The van der Waals surface area contributed by atoms with Crippen molar-refractivity contribution in [3.8, 4) is 0 Å². The van der Waals surface area contributed by atoms with Crippen molar-refractivity contribution in [1.29, 1.82) is 0 Å². The number of cyclic esters (lactones) is 1. The van der Waals surface area contributed by atoms with Crippen molar-refractivity contribution in [2.45, 2.75) is 82.4 Å². The zero-order valence-corrected chi connectivity index (χ0v) is 15.1. The van der Waals surface area contributed by atoms with E-state index in [2.05, 4.69) is 33.9 Å². The molecule has 5 nitrogen and oxygen atoms in total. The maximum absolute atomic E-state index is 12.8. The third-order valence-corrected chi connectivity index (χ3v) is 11.5. The molecular weight excluding hydrogens is 288 g/mol. The van der Waals surface area contributed by atoms with Gasteiger partial charge < -0.3 is 19.3 Å². The summed E-state index contributed by atoms with van der Waals surface area (Å²) >= 11 is 0. The lowest BCUT2D eigenvalue weighted by molar-refractivity contribution is -0.192. The Hall–Kier alpha value is -0.433. The zero-order valence-electron chi connectivity index (χ0n) is 14.1. The highest BCUT2D eigenvalue weighted by Crippen LogP contribution is 2.55. The van der Waals surface area contributed by atoms with E-state index in [1.807, 2.05) is 13.8 Å². The average molecular weight is 316 g/mol.